The van der Waals surface area contributed by atoms with E-state index in [2.05, 4.69) is 34.1 Å². The van der Waals surface area contributed by atoms with Gasteiger partial charge in [-0.3, -0.25) is 19.8 Å². The number of rotatable bonds is 3. The Morgan fingerprint density at radius 3 is 2.29 bits per heavy atom. The van der Waals surface area contributed by atoms with Gasteiger partial charge in [-0.05, 0) is 90.9 Å². The molecule has 7 heteroatoms. The smallest absolute Gasteiger partial charge is 0.270 e. The predicted molar refractivity (Wildman–Crippen MR) is 135 cm³/mol. The zero-order valence-corrected chi connectivity index (χ0v) is 19.3. The lowest BCUT2D eigenvalue weighted by atomic mass is 10.1. The van der Waals surface area contributed by atoms with E-state index in [1.807, 2.05) is 38.1 Å². The Kier molecular flexibility index (Phi) is 5.34. The van der Waals surface area contributed by atoms with E-state index in [0.717, 1.165) is 33.4 Å². The van der Waals surface area contributed by atoms with Crippen molar-refractivity contribution in [3.63, 3.8) is 0 Å². The lowest BCUT2D eigenvalue weighted by Gasteiger charge is -2.28. The highest BCUT2D eigenvalue weighted by atomic mass is 32.1. The van der Waals surface area contributed by atoms with Crippen LogP contribution in [0.2, 0.25) is 0 Å². The van der Waals surface area contributed by atoms with Crippen molar-refractivity contribution in [2.75, 3.05) is 4.90 Å². The van der Waals surface area contributed by atoms with Gasteiger partial charge in [0.15, 0.2) is 5.11 Å². The van der Waals surface area contributed by atoms with Crippen molar-refractivity contribution in [2.24, 2.45) is 0 Å². The Morgan fingerprint density at radius 2 is 1.56 bits per heavy atom. The number of anilines is 1. The number of carbonyl (C=O) groups excluding carboxylic acids is 2. The Hall–Kier alpha value is -4.10. The first kappa shape index (κ1) is 21.7. The Labute approximate surface area is 201 Å². The summed E-state index contributed by atoms with van der Waals surface area (Å²) in [4.78, 5) is 27.2. The van der Waals surface area contributed by atoms with Crippen LogP contribution < -0.4 is 10.2 Å². The first-order valence-corrected chi connectivity index (χ1v) is 11.1. The molecule has 1 saturated heterocycles. The van der Waals surface area contributed by atoms with E-state index in [1.54, 1.807) is 6.08 Å². The number of nitrogens with zero attached hydrogens (tertiary/aromatic N) is 2. The summed E-state index contributed by atoms with van der Waals surface area (Å²) in [6, 6.07) is 21.7. The van der Waals surface area contributed by atoms with Gasteiger partial charge >= 0.3 is 0 Å². The van der Waals surface area contributed by atoms with E-state index in [1.165, 1.54) is 29.2 Å². The molecule has 1 fully saturated rings. The molecule has 3 aromatic carbocycles. The molecule has 1 aromatic heterocycles. The van der Waals surface area contributed by atoms with Crippen LogP contribution >= 0.6 is 12.2 Å². The molecule has 0 atom stereocenters. The lowest BCUT2D eigenvalue weighted by Crippen LogP contribution is -2.54. The largest absolute Gasteiger partial charge is 0.318 e. The summed E-state index contributed by atoms with van der Waals surface area (Å²) in [7, 11) is 0. The van der Waals surface area contributed by atoms with Crippen LogP contribution in [-0.2, 0) is 9.59 Å². The van der Waals surface area contributed by atoms with Crippen molar-refractivity contribution in [3.05, 3.63) is 101 Å². The monoisotopic (exact) mass is 469 g/mol. The van der Waals surface area contributed by atoms with Crippen molar-refractivity contribution in [1.29, 1.82) is 0 Å². The maximum atomic E-state index is 13.4. The second-order valence-corrected chi connectivity index (χ2v) is 8.51. The molecule has 5 rings (SSSR count). The molecule has 0 aliphatic carbocycles. The minimum atomic E-state index is -0.566. The number of carbonyl (C=O) groups is 2. The summed E-state index contributed by atoms with van der Waals surface area (Å²) in [5.41, 5.74) is 3.93. The molecule has 0 radical (unpaired) electrons. The second kappa shape index (κ2) is 8.35. The van der Waals surface area contributed by atoms with Gasteiger partial charge in [0.05, 0.1) is 5.69 Å². The molecular weight excluding hydrogens is 449 g/mol. The molecule has 5 nitrogen and oxygen atoms in total. The summed E-state index contributed by atoms with van der Waals surface area (Å²) in [6.45, 7) is 3.93. The summed E-state index contributed by atoms with van der Waals surface area (Å²) in [6.07, 6.45) is 1.58. The SMILES string of the molecule is Cc1cc(C=C2C(=O)NC(=S)N(c3ccc(F)cc3)C2=O)c(C)n1-c1ccc2ccccc2c1. The Balaban J connectivity index is 1.56. The number of aromatic nitrogens is 1. The number of halogens is 1. The highest BCUT2D eigenvalue weighted by Crippen LogP contribution is 2.27. The van der Waals surface area contributed by atoms with Crippen molar-refractivity contribution in [2.45, 2.75) is 13.8 Å². The van der Waals surface area contributed by atoms with Gasteiger partial charge in [-0.2, -0.15) is 0 Å². The average Bonchev–Trinajstić information content (AvgIpc) is 3.10. The number of fused-ring (bicyclic) bond motifs is 1. The fourth-order valence-corrected chi connectivity index (χ4v) is 4.57. The van der Waals surface area contributed by atoms with Crippen molar-refractivity contribution >= 4 is 51.7 Å². The van der Waals surface area contributed by atoms with Crippen LogP contribution in [0.5, 0.6) is 0 Å². The predicted octanol–water partition coefficient (Wildman–Crippen LogP) is 5.22. The number of nitrogens with one attached hydrogen (secondary N) is 1. The van der Waals surface area contributed by atoms with E-state index in [4.69, 9.17) is 12.2 Å². The summed E-state index contributed by atoms with van der Waals surface area (Å²) >= 11 is 5.21. The summed E-state index contributed by atoms with van der Waals surface area (Å²) in [5.74, 6) is -1.56. The highest BCUT2D eigenvalue weighted by molar-refractivity contribution is 7.80. The zero-order valence-electron chi connectivity index (χ0n) is 18.5. The van der Waals surface area contributed by atoms with Gasteiger partial charge in [-0.25, -0.2) is 4.39 Å². The maximum Gasteiger partial charge on any atom is 0.270 e. The van der Waals surface area contributed by atoms with Gasteiger partial charge in [0.2, 0.25) is 0 Å². The van der Waals surface area contributed by atoms with Crippen LogP contribution in [0.15, 0.2) is 78.4 Å². The molecule has 168 valence electrons. The normalized spacial score (nSPS) is 15.3. The molecule has 1 N–H and O–H groups in total. The minimum Gasteiger partial charge on any atom is -0.318 e. The van der Waals surface area contributed by atoms with Crippen molar-refractivity contribution in [1.82, 2.24) is 9.88 Å². The number of benzene rings is 3. The maximum absolute atomic E-state index is 13.4. The first-order valence-electron chi connectivity index (χ1n) is 10.7. The fraction of sp³-hybridized carbons (Fsp3) is 0.0741. The zero-order chi connectivity index (χ0) is 24.0. The van der Waals surface area contributed by atoms with E-state index in [-0.39, 0.29) is 10.7 Å². The number of hydrogen-bond acceptors (Lipinski definition) is 3. The van der Waals surface area contributed by atoms with Crippen molar-refractivity contribution < 1.29 is 14.0 Å². The molecule has 0 spiro atoms. The summed E-state index contributed by atoms with van der Waals surface area (Å²) in [5, 5.41) is 4.80. The van der Waals surface area contributed by atoms with Gasteiger partial charge in [0.1, 0.15) is 11.4 Å². The quantitative estimate of drug-likeness (QED) is 0.254. The van der Waals surface area contributed by atoms with Gasteiger partial charge in [0.25, 0.3) is 11.8 Å². The third-order valence-corrected chi connectivity index (χ3v) is 6.23. The van der Waals surface area contributed by atoms with Gasteiger partial charge in [-0.1, -0.05) is 30.3 Å². The molecule has 0 unspecified atom stereocenters. The van der Waals surface area contributed by atoms with Crippen LogP contribution in [0.1, 0.15) is 17.0 Å². The minimum absolute atomic E-state index is 0.0413. The molecule has 0 bridgehead atoms. The van der Waals surface area contributed by atoms with E-state index >= 15 is 0 Å². The highest BCUT2D eigenvalue weighted by Gasteiger charge is 2.34. The molecule has 2 amide bonds. The van der Waals surface area contributed by atoms with Crippen LogP contribution in [0.4, 0.5) is 10.1 Å². The first-order chi connectivity index (χ1) is 16.3. The lowest BCUT2D eigenvalue weighted by molar-refractivity contribution is -0.122. The molecule has 1 aliphatic rings. The standard InChI is InChI=1S/C27H20FN3O2S/c1-16-13-20(17(2)30(16)23-10-7-18-5-3-4-6-19(18)14-23)15-24-25(32)29-27(34)31(26(24)33)22-11-8-21(28)9-12-22/h3-15H,1-2H3,(H,29,32,34). The van der Waals surface area contributed by atoms with E-state index < -0.39 is 17.6 Å². The van der Waals surface area contributed by atoms with E-state index in [9.17, 15) is 14.0 Å². The molecule has 34 heavy (non-hydrogen) atoms. The van der Waals surface area contributed by atoms with Crippen LogP contribution in [0, 0.1) is 19.7 Å². The summed E-state index contributed by atoms with van der Waals surface area (Å²) < 4.78 is 15.5. The van der Waals surface area contributed by atoms with Crippen LogP contribution in [0.3, 0.4) is 0 Å². The van der Waals surface area contributed by atoms with Crippen LogP contribution in [0.25, 0.3) is 22.5 Å². The number of hydrogen-bond donors (Lipinski definition) is 1. The second-order valence-electron chi connectivity index (χ2n) is 8.13. The molecular formula is C27H20FN3O2S. The van der Waals surface area contributed by atoms with Crippen LogP contribution in [-0.4, -0.2) is 21.5 Å². The molecule has 0 saturated carbocycles. The Bertz CT molecular complexity index is 1520. The third kappa shape index (κ3) is 3.70. The van der Waals surface area contributed by atoms with Crippen molar-refractivity contribution in [3.8, 4) is 5.69 Å². The molecule has 1 aliphatic heterocycles. The Morgan fingerprint density at radius 1 is 0.882 bits per heavy atom. The fourth-order valence-electron chi connectivity index (χ4n) is 4.28. The van der Waals surface area contributed by atoms with E-state index in [0.29, 0.717) is 5.69 Å². The number of thiocarbonyl (C=S) groups is 1. The topological polar surface area (TPSA) is 54.3 Å². The van der Waals surface area contributed by atoms with Gasteiger partial charge < -0.3 is 4.57 Å². The molecule has 2 heterocycles. The third-order valence-electron chi connectivity index (χ3n) is 5.95. The number of aryl methyl sites for hydroxylation is 1. The number of amides is 2. The molecule has 4 aromatic rings. The van der Waals surface area contributed by atoms with Gasteiger partial charge in [-0.15, -0.1) is 0 Å². The average molecular weight is 470 g/mol. The van der Waals surface area contributed by atoms with Gasteiger partial charge in [0, 0.05) is 17.1 Å².